The van der Waals surface area contributed by atoms with Crippen LogP contribution in [0.2, 0.25) is 0 Å². The van der Waals surface area contributed by atoms with Crippen LogP contribution in [0, 0.1) is 11.6 Å². The van der Waals surface area contributed by atoms with Crippen LogP contribution in [-0.4, -0.2) is 6.61 Å². The number of rotatable bonds is 14. The molecule has 204 valence electrons. The summed E-state index contributed by atoms with van der Waals surface area (Å²) in [4.78, 5) is 0. The van der Waals surface area contributed by atoms with Crippen LogP contribution in [0.15, 0.2) is 84.9 Å². The summed E-state index contributed by atoms with van der Waals surface area (Å²) in [7, 11) is 0. The van der Waals surface area contributed by atoms with E-state index in [1.165, 1.54) is 44.1 Å². The van der Waals surface area contributed by atoms with Gasteiger partial charge in [0.15, 0.2) is 11.6 Å². The van der Waals surface area contributed by atoms with Crippen molar-refractivity contribution in [2.24, 2.45) is 0 Å². The number of hydrogen-bond acceptors (Lipinski definition) is 1. The molecule has 0 heterocycles. The molecule has 39 heavy (non-hydrogen) atoms. The molecule has 0 fully saturated rings. The molecule has 0 aromatic heterocycles. The Bertz CT molecular complexity index is 1290. The summed E-state index contributed by atoms with van der Waals surface area (Å²) < 4.78 is 36.2. The number of unbranched alkanes of at least 4 members (excludes halogenated alkanes) is 6. The SMILES string of the molecule is CCCCCCCCCOc1ccc(-c2ccc(-c3ccc(-c4ccc(CCC)cc4)cc3)c(F)c2F)cc1. The van der Waals surface area contributed by atoms with Gasteiger partial charge < -0.3 is 4.74 Å². The first-order chi connectivity index (χ1) is 19.1. The van der Waals surface area contributed by atoms with Gasteiger partial charge >= 0.3 is 0 Å². The molecule has 0 aliphatic heterocycles. The molecule has 0 radical (unpaired) electrons. The van der Waals surface area contributed by atoms with E-state index in [2.05, 4.69) is 38.1 Å². The van der Waals surface area contributed by atoms with E-state index in [0.717, 1.165) is 36.1 Å². The second-order valence-electron chi connectivity index (χ2n) is 10.3. The summed E-state index contributed by atoms with van der Waals surface area (Å²) in [6, 6.07) is 26.7. The first-order valence-electron chi connectivity index (χ1n) is 14.5. The van der Waals surface area contributed by atoms with Gasteiger partial charge in [-0.1, -0.05) is 132 Å². The molecular formula is C36H40F2O. The lowest BCUT2D eigenvalue weighted by Gasteiger charge is -2.11. The van der Waals surface area contributed by atoms with Gasteiger partial charge in [0.05, 0.1) is 6.61 Å². The minimum atomic E-state index is -0.833. The van der Waals surface area contributed by atoms with Crippen molar-refractivity contribution in [3.63, 3.8) is 0 Å². The zero-order valence-corrected chi connectivity index (χ0v) is 23.3. The standard InChI is InChI=1S/C36H40F2O/c1-3-5-6-7-8-9-10-26-39-32-22-20-31(21-23-32)34-25-24-33(35(37)36(34)38)30-18-16-29(17-19-30)28-14-12-27(11-4-2)13-15-28/h12-25H,3-11,26H2,1-2H3. The number of hydrogen-bond donors (Lipinski definition) is 0. The second-order valence-corrected chi connectivity index (χ2v) is 10.3. The minimum Gasteiger partial charge on any atom is -0.494 e. The van der Waals surface area contributed by atoms with Crippen molar-refractivity contribution in [2.75, 3.05) is 6.61 Å². The highest BCUT2D eigenvalue weighted by molar-refractivity contribution is 5.74. The Kier molecular flexibility index (Phi) is 10.7. The largest absolute Gasteiger partial charge is 0.494 e. The van der Waals surface area contributed by atoms with E-state index in [1.54, 1.807) is 24.3 Å². The molecule has 0 amide bonds. The predicted octanol–water partition coefficient (Wildman–Crippen LogP) is 11.0. The van der Waals surface area contributed by atoms with E-state index in [4.69, 9.17) is 4.74 Å². The lowest BCUT2D eigenvalue weighted by molar-refractivity contribution is 0.304. The average molecular weight is 527 g/mol. The molecule has 0 aliphatic carbocycles. The van der Waals surface area contributed by atoms with E-state index >= 15 is 8.78 Å². The van der Waals surface area contributed by atoms with Gasteiger partial charge in [0.25, 0.3) is 0 Å². The molecule has 0 saturated heterocycles. The Balaban J connectivity index is 1.37. The topological polar surface area (TPSA) is 9.23 Å². The molecule has 0 aliphatic rings. The zero-order chi connectivity index (χ0) is 27.5. The monoisotopic (exact) mass is 526 g/mol. The third kappa shape index (κ3) is 7.79. The molecule has 1 nitrogen and oxygen atoms in total. The quantitative estimate of drug-likeness (QED) is 0.148. The van der Waals surface area contributed by atoms with Crippen molar-refractivity contribution < 1.29 is 13.5 Å². The smallest absolute Gasteiger partial charge is 0.167 e. The molecule has 4 aromatic rings. The highest BCUT2D eigenvalue weighted by Gasteiger charge is 2.16. The second kappa shape index (κ2) is 14.6. The predicted molar refractivity (Wildman–Crippen MR) is 160 cm³/mol. The molecule has 0 atom stereocenters. The maximum Gasteiger partial charge on any atom is 0.167 e. The average Bonchev–Trinajstić information content (AvgIpc) is 2.97. The molecule has 3 heteroatoms. The molecule has 4 aromatic carbocycles. The van der Waals surface area contributed by atoms with E-state index in [0.29, 0.717) is 17.7 Å². The summed E-state index contributed by atoms with van der Waals surface area (Å²) in [6.45, 7) is 5.08. The Morgan fingerprint density at radius 3 is 1.49 bits per heavy atom. The molecule has 0 bridgehead atoms. The Morgan fingerprint density at radius 2 is 0.949 bits per heavy atom. The summed E-state index contributed by atoms with van der Waals surface area (Å²) >= 11 is 0. The molecule has 0 unspecified atom stereocenters. The Hall–Kier alpha value is -3.46. The fourth-order valence-electron chi connectivity index (χ4n) is 4.97. The van der Waals surface area contributed by atoms with Gasteiger partial charge in [-0.05, 0) is 52.8 Å². The number of halogens is 2. The summed E-state index contributed by atoms with van der Waals surface area (Å²) in [5.41, 5.74) is 5.27. The first-order valence-corrected chi connectivity index (χ1v) is 14.5. The number of benzene rings is 4. The fraction of sp³-hybridized carbons (Fsp3) is 0.333. The van der Waals surface area contributed by atoms with E-state index in [-0.39, 0.29) is 11.1 Å². The molecule has 4 rings (SSSR count). The van der Waals surface area contributed by atoms with Gasteiger partial charge in [0.1, 0.15) is 5.75 Å². The van der Waals surface area contributed by atoms with Crippen molar-refractivity contribution in [2.45, 2.75) is 71.6 Å². The van der Waals surface area contributed by atoms with E-state index < -0.39 is 11.6 Å². The van der Waals surface area contributed by atoms with E-state index in [9.17, 15) is 0 Å². The third-order valence-electron chi connectivity index (χ3n) is 7.29. The van der Waals surface area contributed by atoms with Gasteiger partial charge in [-0.3, -0.25) is 0 Å². The maximum atomic E-state index is 15.2. The van der Waals surface area contributed by atoms with Crippen LogP contribution < -0.4 is 4.74 Å². The van der Waals surface area contributed by atoms with Crippen LogP contribution in [0.4, 0.5) is 8.78 Å². The van der Waals surface area contributed by atoms with Gasteiger partial charge in [0.2, 0.25) is 0 Å². The van der Waals surface area contributed by atoms with Crippen LogP contribution >= 0.6 is 0 Å². The molecule has 0 spiro atoms. The van der Waals surface area contributed by atoms with Crippen LogP contribution in [0.1, 0.15) is 70.8 Å². The lowest BCUT2D eigenvalue weighted by Crippen LogP contribution is -1.97. The normalized spacial score (nSPS) is 11.1. The van der Waals surface area contributed by atoms with Crippen LogP contribution in [-0.2, 0) is 6.42 Å². The lowest BCUT2D eigenvalue weighted by atomic mass is 9.96. The Morgan fingerprint density at radius 1 is 0.487 bits per heavy atom. The van der Waals surface area contributed by atoms with Gasteiger partial charge in [-0.25, -0.2) is 8.78 Å². The van der Waals surface area contributed by atoms with E-state index in [1.807, 2.05) is 36.4 Å². The van der Waals surface area contributed by atoms with Crippen molar-refractivity contribution in [1.82, 2.24) is 0 Å². The maximum absolute atomic E-state index is 15.2. The fourth-order valence-corrected chi connectivity index (χ4v) is 4.97. The van der Waals surface area contributed by atoms with Crippen molar-refractivity contribution in [1.29, 1.82) is 0 Å². The molecule has 0 saturated carbocycles. The zero-order valence-electron chi connectivity index (χ0n) is 23.3. The third-order valence-corrected chi connectivity index (χ3v) is 7.29. The van der Waals surface area contributed by atoms with Crippen LogP contribution in [0.5, 0.6) is 5.75 Å². The van der Waals surface area contributed by atoms with Crippen molar-refractivity contribution in [3.8, 4) is 39.1 Å². The summed E-state index contributed by atoms with van der Waals surface area (Å²) in [6.07, 6.45) is 10.8. The highest BCUT2D eigenvalue weighted by Crippen LogP contribution is 2.33. The van der Waals surface area contributed by atoms with Gasteiger partial charge in [-0.2, -0.15) is 0 Å². The highest BCUT2D eigenvalue weighted by atomic mass is 19.2. The molecular weight excluding hydrogens is 486 g/mol. The summed E-state index contributed by atoms with van der Waals surface area (Å²) in [5.74, 6) is -0.911. The van der Waals surface area contributed by atoms with Gasteiger partial charge in [0, 0.05) is 11.1 Å². The van der Waals surface area contributed by atoms with Crippen LogP contribution in [0.25, 0.3) is 33.4 Å². The molecule has 0 N–H and O–H groups in total. The minimum absolute atomic E-state index is 0.249. The Labute approximate surface area is 232 Å². The van der Waals surface area contributed by atoms with Gasteiger partial charge in [-0.15, -0.1) is 0 Å². The van der Waals surface area contributed by atoms with Crippen LogP contribution in [0.3, 0.4) is 0 Å². The number of aryl methyl sites for hydroxylation is 1. The number of ether oxygens (including phenoxy) is 1. The summed E-state index contributed by atoms with van der Waals surface area (Å²) in [5, 5.41) is 0. The van der Waals surface area contributed by atoms with Crippen molar-refractivity contribution >= 4 is 0 Å². The first kappa shape index (κ1) is 28.5. The van der Waals surface area contributed by atoms with Crippen molar-refractivity contribution in [3.05, 3.63) is 102 Å².